The topological polar surface area (TPSA) is 139 Å². The number of carbonyl (C=O) groups is 3. The van der Waals surface area contributed by atoms with Gasteiger partial charge in [-0.15, -0.1) is 21.5 Å². The molecule has 0 saturated heterocycles. The Hall–Kier alpha value is -6.64. The van der Waals surface area contributed by atoms with Gasteiger partial charge in [-0.2, -0.15) is 0 Å². The molecule has 6 aromatic rings. The van der Waals surface area contributed by atoms with Gasteiger partial charge >= 0.3 is 0 Å². The smallest absolute Gasteiger partial charge is 0.253 e. The standard InChI is InChI=1S/C60H63ClN8O5S/c1-34-35(2)75-59-50(34)52(37-18-21-41(61)22-19-37)62-48(57-64-63-36(3)69(57)59)33-49(70)65(4)24-8-6-7-9-25-66(5)58(71)40-20-23-42(60(72)73)45(32-40)51-46-30-38-14-10-26-67-28-12-16-43(53(38)67)55(46)74-56-44-17-13-29-68-27-11-15-39(54(44)68)31-47(51)56/h18-23,30-32,48H,6-17,24-29,33H2,1-5H3/t48-/m0/s1. The first-order chi connectivity index (χ1) is 36.3. The Morgan fingerprint density at radius 2 is 1.53 bits per heavy atom. The molecular weight excluding hydrogens is 980 g/mol. The number of halogens is 1. The highest BCUT2D eigenvalue weighted by Gasteiger charge is 2.37. The summed E-state index contributed by atoms with van der Waals surface area (Å²) in [5.74, 6) is 1.61. The molecule has 4 aromatic carbocycles. The van der Waals surface area contributed by atoms with Gasteiger partial charge in [0, 0.05) is 118 Å². The summed E-state index contributed by atoms with van der Waals surface area (Å²) in [6.45, 7) is 11.4. The highest BCUT2D eigenvalue weighted by molar-refractivity contribution is 7.15. The molecule has 0 aliphatic carbocycles. The van der Waals surface area contributed by atoms with E-state index in [0.717, 1.165) is 164 Å². The van der Waals surface area contributed by atoms with Crippen molar-refractivity contribution in [1.82, 2.24) is 29.1 Å². The van der Waals surface area contributed by atoms with Crippen LogP contribution >= 0.6 is 22.9 Å². The van der Waals surface area contributed by atoms with Gasteiger partial charge in [0.1, 0.15) is 41.5 Å². The third kappa shape index (κ3) is 8.65. The zero-order valence-corrected chi connectivity index (χ0v) is 45.2. The number of hydrogen-bond donors (Lipinski definition) is 0. The minimum atomic E-state index is -1.27. The fourth-order valence-corrected chi connectivity index (χ4v) is 14.2. The predicted molar refractivity (Wildman–Crippen MR) is 292 cm³/mol. The average Bonchev–Trinajstić information content (AvgIpc) is 3.90. The summed E-state index contributed by atoms with van der Waals surface area (Å²) in [6.07, 6.45) is 11.4. The second kappa shape index (κ2) is 19.8. The summed E-state index contributed by atoms with van der Waals surface area (Å²) in [6, 6.07) is 16.7. The fourth-order valence-electron chi connectivity index (χ4n) is 12.8. The highest BCUT2D eigenvalue weighted by atomic mass is 35.5. The van der Waals surface area contributed by atoms with E-state index in [-0.39, 0.29) is 23.8 Å². The number of carboxylic acid groups (broad SMARTS) is 1. The molecule has 0 N–H and O–H groups in total. The van der Waals surface area contributed by atoms with Crippen LogP contribution in [0, 0.1) is 20.8 Å². The number of anilines is 1. The number of carboxylic acids is 1. The van der Waals surface area contributed by atoms with Crippen LogP contribution in [-0.4, -0.2) is 101 Å². The molecule has 0 saturated carbocycles. The van der Waals surface area contributed by atoms with E-state index in [1.165, 1.54) is 38.2 Å². The van der Waals surface area contributed by atoms with Crippen LogP contribution < -0.4 is 29.9 Å². The Bertz CT molecular complexity index is 3530. The lowest BCUT2D eigenvalue weighted by Crippen LogP contribution is -2.45. The second-order valence-electron chi connectivity index (χ2n) is 21.5. The molecule has 0 spiro atoms. The van der Waals surface area contributed by atoms with E-state index in [2.05, 4.69) is 50.2 Å². The van der Waals surface area contributed by atoms with Crippen molar-refractivity contribution in [3.63, 3.8) is 0 Å². The molecule has 0 radical (unpaired) electrons. The van der Waals surface area contributed by atoms with Gasteiger partial charge in [-0.3, -0.25) is 19.1 Å². The average molecular weight is 1040 g/mol. The second-order valence-corrected chi connectivity index (χ2v) is 23.1. The number of carbonyl (C=O) groups excluding carboxylic acids is 3. The molecule has 6 aliphatic rings. The van der Waals surface area contributed by atoms with E-state index in [1.54, 1.807) is 39.3 Å². The van der Waals surface area contributed by atoms with E-state index < -0.39 is 12.0 Å². The summed E-state index contributed by atoms with van der Waals surface area (Å²) in [5, 5.41) is 26.1. The first-order valence-electron chi connectivity index (χ1n) is 27.0. The van der Waals surface area contributed by atoms with Gasteiger partial charge in [0.05, 0.1) is 23.7 Å². The Labute approximate surface area is 446 Å². The number of amides is 2. The number of fused-ring (bicyclic) bond motifs is 7. The number of thiophene rings is 1. The van der Waals surface area contributed by atoms with E-state index in [4.69, 9.17) is 21.3 Å². The van der Waals surface area contributed by atoms with Crippen LogP contribution in [0.25, 0.3) is 10.6 Å². The summed E-state index contributed by atoms with van der Waals surface area (Å²) in [7, 11) is 3.66. The van der Waals surface area contributed by atoms with Crippen molar-refractivity contribution in [2.24, 2.45) is 4.99 Å². The van der Waals surface area contributed by atoms with Crippen LogP contribution in [0.3, 0.4) is 0 Å². The lowest BCUT2D eigenvalue weighted by Gasteiger charge is -2.39. The number of ether oxygens (including phenoxy) is 1. The Morgan fingerprint density at radius 1 is 0.813 bits per heavy atom. The van der Waals surface area contributed by atoms with E-state index in [0.29, 0.717) is 35.1 Å². The highest BCUT2D eigenvalue weighted by Crippen LogP contribution is 2.49. The normalized spacial score (nSPS) is 16.9. The zero-order valence-electron chi connectivity index (χ0n) is 43.6. The molecule has 2 aromatic heterocycles. The largest absolute Gasteiger partial charge is 0.545 e. The monoisotopic (exact) mass is 1040 g/mol. The fraction of sp³-hybridized carbons (Fsp3) is 0.417. The number of nitrogens with zero attached hydrogens (tertiary/aromatic N) is 8. The van der Waals surface area contributed by atoms with Crippen molar-refractivity contribution in [3.05, 3.63) is 148 Å². The number of hydrogen-bond acceptors (Lipinski definition) is 10. The van der Waals surface area contributed by atoms with Gasteiger partial charge < -0.3 is 29.3 Å². The summed E-state index contributed by atoms with van der Waals surface area (Å²) >= 11 is 8.00. The Balaban J connectivity index is 0.754. The zero-order chi connectivity index (χ0) is 51.8. The molecule has 2 amide bonds. The lowest BCUT2D eigenvalue weighted by atomic mass is 9.81. The molecule has 0 unspecified atom stereocenters. The van der Waals surface area contributed by atoms with Gasteiger partial charge in [-0.05, 0) is 125 Å². The Morgan fingerprint density at radius 3 is 2.31 bits per heavy atom. The SMILES string of the molecule is Cc1sc2c(c1C)C(c1ccc(Cl)cc1)=N[C@@H](CC(=O)N(C)CCCCCCN(C)C(=O)c1ccc(C(=O)[O-])c(C3=c4cc5c6c(c4Oc4c3cc3c7c4CCCN7CCC3)CCC[N+]=6CCC5)c1)c1nnc(C)n1-2. The van der Waals surface area contributed by atoms with Crippen LogP contribution in [0.2, 0.25) is 5.02 Å². The molecule has 0 bridgehead atoms. The number of benzene rings is 4. The number of unbranched alkanes of at least 4 members (excludes halogenated alkanes) is 3. The van der Waals surface area contributed by atoms with Gasteiger partial charge in [0.2, 0.25) is 11.3 Å². The number of aromatic carboxylic acids is 1. The molecular formula is C60H63ClN8O5S. The van der Waals surface area contributed by atoms with E-state index in [1.807, 2.05) is 45.3 Å². The molecule has 386 valence electrons. The third-order valence-corrected chi connectivity index (χ3v) is 18.1. The van der Waals surface area contributed by atoms with Crippen molar-refractivity contribution < 1.29 is 24.2 Å². The van der Waals surface area contributed by atoms with Crippen LogP contribution in [0.1, 0.15) is 151 Å². The molecule has 0 fully saturated rings. The van der Waals surface area contributed by atoms with E-state index in [9.17, 15) is 19.5 Å². The Kier molecular flexibility index (Phi) is 13.0. The van der Waals surface area contributed by atoms with Crippen LogP contribution in [0.4, 0.5) is 5.69 Å². The predicted octanol–water partition coefficient (Wildman–Crippen LogP) is 7.78. The lowest BCUT2D eigenvalue weighted by molar-refractivity contribution is -0.255. The molecule has 15 heteroatoms. The molecule has 1 atom stereocenters. The minimum Gasteiger partial charge on any atom is -0.545 e. The number of aliphatic imine (C=N–C) groups is 1. The first kappa shape index (κ1) is 49.2. The molecule has 6 aliphatic heterocycles. The van der Waals surface area contributed by atoms with Crippen LogP contribution in [0.15, 0.2) is 59.6 Å². The molecule has 75 heavy (non-hydrogen) atoms. The minimum absolute atomic E-state index is 0.0221. The molecule has 8 heterocycles. The van der Waals surface area contributed by atoms with Crippen molar-refractivity contribution in [1.29, 1.82) is 0 Å². The maximum Gasteiger partial charge on any atom is 0.253 e. The van der Waals surface area contributed by atoms with Crippen molar-refractivity contribution in [3.8, 4) is 16.5 Å². The van der Waals surface area contributed by atoms with Crippen molar-refractivity contribution >= 4 is 57.7 Å². The van der Waals surface area contributed by atoms with E-state index >= 15 is 0 Å². The summed E-state index contributed by atoms with van der Waals surface area (Å²) < 4.78 is 11.8. The van der Waals surface area contributed by atoms with Crippen LogP contribution in [-0.2, 0) is 30.5 Å². The number of rotatable bonds is 13. The van der Waals surface area contributed by atoms with Gasteiger partial charge in [0.25, 0.3) is 5.91 Å². The third-order valence-electron chi connectivity index (χ3n) is 16.7. The molecule has 12 rings (SSSR count). The number of aromatic nitrogens is 3. The summed E-state index contributed by atoms with van der Waals surface area (Å²) in [4.78, 5) is 54.1. The van der Waals surface area contributed by atoms with Gasteiger partial charge in [-0.1, -0.05) is 42.6 Å². The van der Waals surface area contributed by atoms with Crippen LogP contribution in [0.5, 0.6) is 11.5 Å². The maximum absolute atomic E-state index is 14.4. The summed E-state index contributed by atoms with van der Waals surface area (Å²) in [5.41, 5.74) is 12.9. The van der Waals surface area contributed by atoms with Gasteiger partial charge in [0.15, 0.2) is 5.82 Å². The molecule has 13 nitrogen and oxygen atoms in total. The van der Waals surface area contributed by atoms with Crippen molar-refractivity contribution in [2.75, 3.05) is 58.3 Å². The maximum atomic E-state index is 14.4. The van der Waals surface area contributed by atoms with Crippen molar-refractivity contribution in [2.45, 2.75) is 110 Å². The first-order valence-corrected chi connectivity index (χ1v) is 28.2. The van der Waals surface area contributed by atoms with Gasteiger partial charge in [-0.25, -0.2) is 4.58 Å². The number of aryl methyl sites for hydroxylation is 4. The quantitative estimate of drug-likeness (QED) is 0.0844.